The topological polar surface area (TPSA) is 65.2 Å². The number of rotatable bonds is 5. The Morgan fingerprint density at radius 2 is 2.28 bits per heavy atom. The van der Waals surface area contributed by atoms with Crippen molar-refractivity contribution in [3.8, 4) is 0 Å². The summed E-state index contributed by atoms with van der Waals surface area (Å²) >= 11 is 5.61. The van der Waals surface area contributed by atoms with Crippen LogP contribution in [0.5, 0.6) is 0 Å². The van der Waals surface area contributed by atoms with Gasteiger partial charge in [-0.15, -0.1) is 11.6 Å². The molecule has 7 heteroatoms. The summed E-state index contributed by atoms with van der Waals surface area (Å²) in [6.45, 7) is 1.88. The van der Waals surface area contributed by atoms with Gasteiger partial charge in [-0.2, -0.15) is 0 Å². The quantitative estimate of drug-likeness (QED) is 0.664. The number of pyridine rings is 1. The van der Waals surface area contributed by atoms with Crippen molar-refractivity contribution in [1.82, 2.24) is 4.98 Å². The first-order valence-electron chi connectivity index (χ1n) is 5.27. The second-order valence-electron chi connectivity index (χ2n) is 3.49. The SMILES string of the molecule is CCOC(=O)Cc1cc(CCl)c(N)c(C(F)F)n1. The molecule has 18 heavy (non-hydrogen) atoms. The van der Waals surface area contributed by atoms with Crippen molar-refractivity contribution < 1.29 is 18.3 Å². The van der Waals surface area contributed by atoms with E-state index in [2.05, 4.69) is 4.98 Å². The molecule has 0 unspecified atom stereocenters. The number of nitrogens with two attached hydrogens (primary N) is 1. The summed E-state index contributed by atoms with van der Waals surface area (Å²) in [7, 11) is 0. The molecule has 100 valence electrons. The van der Waals surface area contributed by atoms with E-state index in [1.807, 2.05) is 0 Å². The largest absolute Gasteiger partial charge is 0.466 e. The number of nitrogen functional groups attached to an aromatic ring is 1. The van der Waals surface area contributed by atoms with Gasteiger partial charge in [-0.25, -0.2) is 13.8 Å². The third-order valence-corrected chi connectivity index (χ3v) is 2.50. The van der Waals surface area contributed by atoms with Gasteiger partial charge in [0.05, 0.1) is 24.4 Å². The van der Waals surface area contributed by atoms with Gasteiger partial charge in [0.15, 0.2) is 0 Å². The van der Waals surface area contributed by atoms with Crippen LogP contribution >= 0.6 is 11.6 Å². The summed E-state index contributed by atoms with van der Waals surface area (Å²) < 4.78 is 30.1. The highest BCUT2D eigenvalue weighted by Crippen LogP contribution is 2.27. The van der Waals surface area contributed by atoms with Crippen molar-refractivity contribution in [2.45, 2.75) is 25.7 Å². The number of hydrogen-bond donors (Lipinski definition) is 1. The minimum absolute atomic E-state index is 0.0239. The fraction of sp³-hybridized carbons (Fsp3) is 0.455. The Hall–Kier alpha value is -1.43. The van der Waals surface area contributed by atoms with E-state index in [-0.39, 0.29) is 30.3 Å². The first kappa shape index (κ1) is 14.6. The van der Waals surface area contributed by atoms with E-state index in [4.69, 9.17) is 22.1 Å². The Morgan fingerprint density at radius 3 is 2.78 bits per heavy atom. The Morgan fingerprint density at radius 1 is 1.61 bits per heavy atom. The standard InChI is InChI=1S/C11H13ClF2N2O2/c1-2-18-8(17)4-7-3-6(5-12)9(15)10(16-7)11(13)14/h3,11H,2,4-5,15H2,1H3. The van der Waals surface area contributed by atoms with E-state index in [0.29, 0.717) is 5.56 Å². The van der Waals surface area contributed by atoms with Gasteiger partial charge >= 0.3 is 5.97 Å². The summed E-state index contributed by atoms with van der Waals surface area (Å²) in [5, 5.41) is 0. The lowest BCUT2D eigenvalue weighted by Crippen LogP contribution is -2.12. The highest BCUT2D eigenvalue weighted by Gasteiger charge is 2.18. The van der Waals surface area contributed by atoms with Crippen molar-refractivity contribution in [3.05, 3.63) is 23.0 Å². The summed E-state index contributed by atoms with van der Waals surface area (Å²) in [4.78, 5) is 14.9. The smallest absolute Gasteiger partial charge is 0.311 e. The van der Waals surface area contributed by atoms with Crippen LogP contribution in [0.15, 0.2) is 6.07 Å². The molecule has 1 rings (SSSR count). The number of carbonyl (C=O) groups excluding carboxylic acids is 1. The molecule has 0 saturated carbocycles. The fourth-order valence-corrected chi connectivity index (χ4v) is 1.64. The molecule has 1 heterocycles. The minimum Gasteiger partial charge on any atom is -0.466 e. The number of aromatic nitrogens is 1. The van der Waals surface area contributed by atoms with Gasteiger partial charge in [0, 0.05) is 5.88 Å². The Balaban J connectivity index is 3.06. The van der Waals surface area contributed by atoms with Crippen LogP contribution in [-0.2, 0) is 21.8 Å². The number of alkyl halides is 3. The van der Waals surface area contributed by atoms with E-state index < -0.39 is 18.1 Å². The first-order valence-corrected chi connectivity index (χ1v) is 5.80. The highest BCUT2D eigenvalue weighted by atomic mass is 35.5. The monoisotopic (exact) mass is 278 g/mol. The molecule has 0 fully saturated rings. The van der Waals surface area contributed by atoms with E-state index in [0.717, 1.165) is 0 Å². The highest BCUT2D eigenvalue weighted by molar-refractivity contribution is 6.17. The average molecular weight is 279 g/mol. The summed E-state index contributed by atoms with van der Waals surface area (Å²) in [6, 6.07) is 1.44. The van der Waals surface area contributed by atoms with Crippen LogP contribution in [0.4, 0.5) is 14.5 Å². The van der Waals surface area contributed by atoms with Crippen LogP contribution in [0.3, 0.4) is 0 Å². The van der Waals surface area contributed by atoms with Crippen LogP contribution < -0.4 is 5.73 Å². The van der Waals surface area contributed by atoms with Crippen molar-refractivity contribution >= 4 is 23.3 Å². The van der Waals surface area contributed by atoms with Gasteiger partial charge < -0.3 is 10.5 Å². The van der Waals surface area contributed by atoms with E-state index in [1.54, 1.807) is 6.92 Å². The average Bonchev–Trinajstić information content (AvgIpc) is 2.31. The molecule has 0 amide bonds. The molecular formula is C11H13ClF2N2O2. The second kappa shape index (κ2) is 6.49. The summed E-state index contributed by atoms with van der Waals surface area (Å²) in [6.07, 6.45) is -2.99. The third kappa shape index (κ3) is 3.53. The van der Waals surface area contributed by atoms with Crippen LogP contribution in [0.1, 0.15) is 30.3 Å². The van der Waals surface area contributed by atoms with Gasteiger partial charge in [0.1, 0.15) is 5.69 Å². The molecule has 0 aliphatic heterocycles. The molecule has 0 atom stereocenters. The number of hydrogen-bond acceptors (Lipinski definition) is 4. The zero-order chi connectivity index (χ0) is 13.7. The number of nitrogens with zero attached hydrogens (tertiary/aromatic N) is 1. The molecular weight excluding hydrogens is 266 g/mol. The normalized spacial score (nSPS) is 10.7. The molecule has 1 aromatic rings. The van der Waals surface area contributed by atoms with Crippen LogP contribution in [0.25, 0.3) is 0 Å². The van der Waals surface area contributed by atoms with Crippen molar-refractivity contribution in [3.63, 3.8) is 0 Å². The number of carbonyl (C=O) groups is 1. The third-order valence-electron chi connectivity index (χ3n) is 2.21. The number of halogens is 3. The van der Waals surface area contributed by atoms with Crippen molar-refractivity contribution in [1.29, 1.82) is 0 Å². The molecule has 1 aromatic heterocycles. The number of ether oxygens (including phenoxy) is 1. The van der Waals surface area contributed by atoms with E-state index in [1.165, 1.54) is 6.07 Å². The number of anilines is 1. The predicted octanol–water partition coefficient (Wildman–Crippen LogP) is 2.45. The van der Waals surface area contributed by atoms with Gasteiger partial charge in [0.25, 0.3) is 6.43 Å². The molecule has 0 aromatic carbocycles. The summed E-state index contributed by atoms with van der Waals surface area (Å²) in [5.41, 5.74) is 5.34. The zero-order valence-corrected chi connectivity index (χ0v) is 10.5. The van der Waals surface area contributed by atoms with Crippen LogP contribution in [0, 0.1) is 0 Å². The Kier molecular flexibility index (Phi) is 5.27. The fourth-order valence-electron chi connectivity index (χ4n) is 1.42. The molecule has 0 saturated heterocycles. The first-order chi connectivity index (χ1) is 8.49. The lowest BCUT2D eigenvalue weighted by atomic mass is 10.1. The van der Waals surface area contributed by atoms with E-state index in [9.17, 15) is 13.6 Å². The maximum atomic E-state index is 12.7. The van der Waals surface area contributed by atoms with Gasteiger partial charge in [-0.1, -0.05) is 0 Å². The molecule has 0 aliphatic carbocycles. The molecule has 0 aliphatic rings. The van der Waals surface area contributed by atoms with Crippen molar-refractivity contribution in [2.24, 2.45) is 0 Å². The molecule has 4 nitrogen and oxygen atoms in total. The maximum Gasteiger partial charge on any atom is 0.311 e. The predicted molar refractivity (Wildman–Crippen MR) is 63.5 cm³/mol. The Labute approximate surface area is 108 Å². The molecule has 0 radical (unpaired) electrons. The molecule has 0 bridgehead atoms. The van der Waals surface area contributed by atoms with Gasteiger partial charge in [-0.05, 0) is 18.6 Å². The minimum atomic E-state index is -2.81. The maximum absolute atomic E-state index is 12.7. The lowest BCUT2D eigenvalue weighted by Gasteiger charge is -2.11. The summed E-state index contributed by atoms with van der Waals surface area (Å²) in [5.74, 6) is -0.556. The van der Waals surface area contributed by atoms with Gasteiger partial charge in [-0.3, -0.25) is 4.79 Å². The Bertz CT molecular complexity index is 441. The van der Waals surface area contributed by atoms with E-state index >= 15 is 0 Å². The van der Waals surface area contributed by atoms with Gasteiger partial charge in [0.2, 0.25) is 0 Å². The van der Waals surface area contributed by atoms with Crippen molar-refractivity contribution in [2.75, 3.05) is 12.3 Å². The number of esters is 1. The zero-order valence-electron chi connectivity index (χ0n) is 9.75. The lowest BCUT2D eigenvalue weighted by molar-refractivity contribution is -0.142. The second-order valence-corrected chi connectivity index (χ2v) is 3.76. The molecule has 2 N–H and O–H groups in total. The molecule has 0 spiro atoms. The van der Waals surface area contributed by atoms with Crippen LogP contribution in [0.2, 0.25) is 0 Å². The van der Waals surface area contributed by atoms with Crippen LogP contribution in [-0.4, -0.2) is 17.6 Å².